The van der Waals surface area contributed by atoms with E-state index >= 15 is 0 Å². The van der Waals surface area contributed by atoms with Crippen LogP contribution in [0.3, 0.4) is 0 Å². The Kier molecular flexibility index (Phi) is 3.25. The van der Waals surface area contributed by atoms with Gasteiger partial charge in [-0.25, -0.2) is 0 Å². The molecule has 2 heterocycles. The Morgan fingerprint density at radius 1 is 1.25 bits per heavy atom. The third-order valence-corrected chi connectivity index (χ3v) is 3.18. The molecule has 5 heteroatoms. The Hall–Kier alpha value is -0.940. The molecule has 1 aromatic heterocycles. The highest BCUT2D eigenvalue weighted by molar-refractivity contribution is 4.94. The molecule has 0 aliphatic carbocycles. The first-order valence-electron chi connectivity index (χ1n) is 5.89. The maximum absolute atomic E-state index is 4.21. The van der Waals surface area contributed by atoms with Crippen molar-refractivity contribution in [3.63, 3.8) is 0 Å². The lowest BCUT2D eigenvalue weighted by atomic mass is 10.1. The van der Waals surface area contributed by atoms with E-state index in [0.717, 1.165) is 31.3 Å². The predicted molar refractivity (Wildman–Crippen MR) is 63.1 cm³/mol. The first-order valence-corrected chi connectivity index (χ1v) is 5.89. The van der Waals surface area contributed by atoms with Gasteiger partial charge in [-0.1, -0.05) is 0 Å². The van der Waals surface area contributed by atoms with E-state index in [1.807, 2.05) is 14.0 Å². The summed E-state index contributed by atoms with van der Waals surface area (Å²) in [4.78, 5) is 2.44. The van der Waals surface area contributed by atoms with Crippen LogP contribution in [0, 0.1) is 6.92 Å². The van der Waals surface area contributed by atoms with Crippen molar-refractivity contribution in [2.24, 2.45) is 7.05 Å². The van der Waals surface area contributed by atoms with Gasteiger partial charge in [0.25, 0.3) is 0 Å². The third-order valence-electron chi connectivity index (χ3n) is 3.18. The standard InChI is InChI=1S/C11H21N5/c1-8-5-16(6-9(2)12-8)7-11-14-13-10(3)15(11)4/h8-9,12H,5-7H2,1-4H3. The molecule has 0 radical (unpaired) electrons. The second-order valence-corrected chi connectivity index (χ2v) is 4.89. The number of aromatic nitrogens is 3. The van der Waals surface area contributed by atoms with Gasteiger partial charge in [-0.05, 0) is 20.8 Å². The van der Waals surface area contributed by atoms with E-state index < -0.39 is 0 Å². The Bertz CT molecular complexity index is 349. The first kappa shape index (κ1) is 11.5. The molecular formula is C11H21N5. The van der Waals surface area contributed by atoms with Gasteiger partial charge in [0.2, 0.25) is 0 Å². The van der Waals surface area contributed by atoms with E-state index in [1.54, 1.807) is 0 Å². The van der Waals surface area contributed by atoms with Crippen LogP contribution < -0.4 is 5.32 Å². The molecule has 2 unspecified atom stereocenters. The molecule has 2 atom stereocenters. The van der Waals surface area contributed by atoms with Gasteiger partial charge in [0.1, 0.15) is 11.6 Å². The zero-order chi connectivity index (χ0) is 11.7. The molecule has 1 aliphatic rings. The fourth-order valence-corrected chi connectivity index (χ4v) is 2.36. The van der Waals surface area contributed by atoms with Crippen molar-refractivity contribution in [3.8, 4) is 0 Å². The molecule has 0 saturated carbocycles. The van der Waals surface area contributed by atoms with Crippen molar-refractivity contribution < 1.29 is 0 Å². The average molecular weight is 223 g/mol. The van der Waals surface area contributed by atoms with E-state index in [-0.39, 0.29) is 0 Å². The summed E-state index contributed by atoms with van der Waals surface area (Å²) < 4.78 is 2.07. The lowest BCUT2D eigenvalue weighted by Gasteiger charge is -2.35. The van der Waals surface area contributed by atoms with Crippen LogP contribution in [0.2, 0.25) is 0 Å². The molecule has 1 fully saturated rings. The quantitative estimate of drug-likeness (QED) is 0.783. The smallest absolute Gasteiger partial charge is 0.146 e. The van der Waals surface area contributed by atoms with Crippen molar-refractivity contribution in [1.29, 1.82) is 0 Å². The van der Waals surface area contributed by atoms with Crippen LogP contribution >= 0.6 is 0 Å². The largest absolute Gasteiger partial charge is 0.317 e. The molecule has 0 aromatic carbocycles. The predicted octanol–water partition coefficient (Wildman–Crippen LogP) is 0.306. The minimum Gasteiger partial charge on any atom is -0.317 e. The summed E-state index contributed by atoms with van der Waals surface area (Å²) in [6, 6.07) is 1.11. The van der Waals surface area contributed by atoms with Crippen LogP contribution in [0.4, 0.5) is 0 Å². The molecular weight excluding hydrogens is 202 g/mol. The van der Waals surface area contributed by atoms with Crippen LogP contribution in [-0.2, 0) is 13.6 Å². The summed E-state index contributed by atoms with van der Waals surface area (Å²) in [5.41, 5.74) is 0. The number of nitrogens with zero attached hydrogens (tertiary/aromatic N) is 4. The molecule has 2 rings (SSSR count). The monoisotopic (exact) mass is 223 g/mol. The van der Waals surface area contributed by atoms with Gasteiger partial charge in [0.15, 0.2) is 0 Å². The highest BCUT2D eigenvalue weighted by Gasteiger charge is 2.22. The zero-order valence-corrected chi connectivity index (χ0v) is 10.6. The van der Waals surface area contributed by atoms with Gasteiger partial charge >= 0.3 is 0 Å². The SMILES string of the molecule is Cc1nnc(CN2CC(C)NC(C)C2)n1C. The van der Waals surface area contributed by atoms with Crippen molar-refractivity contribution >= 4 is 0 Å². The number of piperazine rings is 1. The molecule has 16 heavy (non-hydrogen) atoms. The summed E-state index contributed by atoms with van der Waals surface area (Å²) in [6.45, 7) is 9.49. The molecule has 90 valence electrons. The maximum atomic E-state index is 4.21. The van der Waals surface area contributed by atoms with Crippen molar-refractivity contribution in [3.05, 3.63) is 11.6 Å². The maximum Gasteiger partial charge on any atom is 0.146 e. The molecule has 5 nitrogen and oxygen atoms in total. The normalized spacial score (nSPS) is 27.2. The van der Waals surface area contributed by atoms with E-state index in [0.29, 0.717) is 12.1 Å². The Labute approximate surface area is 96.8 Å². The average Bonchev–Trinajstić information content (AvgIpc) is 2.48. The molecule has 1 aliphatic heterocycles. The van der Waals surface area contributed by atoms with Gasteiger partial charge < -0.3 is 9.88 Å². The molecule has 1 aromatic rings. The molecule has 0 spiro atoms. The van der Waals surface area contributed by atoms with Crippen LogP contribution in [0.15, 0.2) is 0 Å². The molecule has 0 bridgehead atoms. The Morgan fingerprint density at radius 2 is 1.88 bits per heavy atom. The summed E-state index contributed by atoms with van der Waals surface area (Å²) in [5.74, 6) is 2.03. The van der Waals surface area contributed by atoms with Crippen molar-refractivity contribution in [2.45, 2.75) is 39.4 Å². The number of hydrogen-bond donors (Lipinski definition) is 1. The van der Waals surface area contributed by atoms with Crippen LogP contribution in [0.5, 0.6) is 0 Å². The van der Waals surface area contributed by atoms with E-state index in [2.05, 4.69) is 38.8 Å². The lowest BCUT2D eigenvalue weighted by molar-refractivity contribution is 0.162. The summed E-state index contributed by atoms with van der Waals surface area (Å²) in [7, 11) is 2.03. The molecule has 0 amide bonds. The molecule has 1 saturated heterocycles. The van der Waals surface area contributed by atoms with Gasteiger partial charge in [0, 0.05) is 32.2 Å². The van der Waals surface area contributed by atoms with Crippen molar-refractivity contribution in [1.82, 2.24) is 25.0 Å². The van der Waals surface area contributed by atoms with Crippen molar-refractivity contribution in [2.75, 3.05) is 13.1 Å². The highest BCUT2D eigenvalue weighted by atomic mass is 15.3. The second-order valence-electron chi connectivity index (χ2n) is 4.89. The van der Waals surface area contributed by atoms with Crippen LogP contribution in [-0.4, -0.2) is 44.8 Å². The molecule has 1 N–H and O–H groups in total. The minimum absolute atomic E-state index is 0.554. The Morgan fingerprint density at radius 3 is 2.38 bits per heavy atom. The van der Waals surface area contributed by atoms with Gasteiger partial charge in [-0.3, -0.25) is 4.90 Å². The minimum atomic E-state index is 0.554. The van der Waals surface area contributed by atoms with E-state index in [1.165, 1.54) is 0 Å². The summed E-state index contributed by atoms with van der Waals surface area (Å²) in [6.07, 6.45) is 0. The van der Waals surface area contributed by atoms with Gasteiger partial charge in [0.05, 0.1) is 6.54 Å². The fourth-order valence-electron chi connectivity index (χ4n) is 2.36. The highest BCUT2D eigenvalue weighted by Crippen LogP contribution is 2.08. The fraction of sp³-hybridized carbons (Fsp3) is 0.818. The topological polar surface area (TPSA) is 46.0 Å². The lowest BCUT2D eigenvalue weighted by Crippen LogP contribution is -2.53. The first-order chi connectivity index (χ1) is 7.56. The van der Waals surface area contributed by atoms with E-state index in [4.69, 9.17) is 0 Å². The van der Waals surface area contributed by atoms with Crippen LogP contribution in [0.25, 0.3) is 0 Å². The second kappa shape index (κ2) is 4.51. The van der Waals surface area contributed by atoms with Gasteiger partial charge in [-0.2, -0.15) is 0 Å². The third kappa shape index (κ3) is 2.41. The Balaban J connectivity index is 2.01. The van der Waals surface area contributed by atoms with E-state index in [9.17, 15) is 0 Å². The number of hydrogen-bond acceptors (Lipinski definition) is 4. The van der Waals surface area contributed by atoms with Crippen LogP contribution in [0.1, 0.15) is 25.5 Å². The zero-order valence-electron chi connectivity index (χ0n) is 10.6. The number of nitrogens with one attached hydrogen (secondary N) is 1. The summed E-state index contributed by atoms with van der Waals surface area (Å²) >= 11 is 0. The summed E-state index contributed by atoms with van der Waals surface area (Å²) in [5, 5.41) is 11.8. The van der Waals surface area contributed by atoms with Gasteiger partial charge in [-0.15, -0.1) is 10.2 Å². The number of aryl methyl sites for hydroxylation is 1. The number of rotatable bonds is 2.